The first-order valence-electron chi connectivity index (χ1n) is 6.66. The Morgan fingerprint density at radius 3 is 2.16 bits per heavy atom. The Bertz CT molecular complexity index is 398. The van der Waals surface area contributed by atoms with E-state index < -0.39 is 8.32 Å². The lowest BCUT2D eigenvalue weighted by atomic mass is 10.1. The molecule has 1 nitrogen and oxygen atoms in total. The molecule has 0 aliphatic heterocycles. The van der Waals surface area contributed by atoms with Gasteiger partial charge in [-0.2, -0.15) is 0 Å². The van der Waals surface area contributed by atoms with Crippen molar-refractivity contribution < 1.29 is 8.82 Å². The van der Waals surface area contributed by atoms with Gasteiger partial charge >= 0.3 is 0 Å². The van der Waals surface area contributed by atoms with Crippen LogP contribution in [0.25, 0.3) is 0 Å². The van der Waals surface area contributed by atoms with Gasteiger partial charge in [-0.25, -0.2) is 4.39 Å². The van der Waals surface area contributed by atoms with E-state index in [1.54, 1.807) is 12.1 Å². The van der Waals surface area contributed by atoms with Crippen molar-refractivity contribution in [1.82, 2.24) is 0 Å². The molecule has 1 aromatic rings. The van der Waals surface area contributed by atoms with Gasteiger partial charge < -0.3 is 4.43 Å². The zero-order chi connectivity index (χ0) is 14.7. The molecule has 1 atom stereocenters. The SMILES string of the molecule is CC(C)(C)[Si](C)(C)OC(CCCl)c1ccc(F)cc1. The van der Waals surface area contributed by atoms with Gasteiger partial charge in [-0.05, 0) is 42.2 Å². The molecule has 0 aromatic heterocycles. The zero-order valence-electron chi connectivity index (χ0n) is 12.5. The molecule has 1 aromatic carbocycles. The Morgan fingerprint density at radius 2 is 1.74 bits per heavy atom. The first-order chi connectivity index (χ1) is 8.67. The van der Waals surface area contributed by atoms with Crippen molar-refractivity contribution in [3.8, 4) is 0 Å². The van der Waals surface area contributed by atoms with Gasteiger partial charge in [-0.3, -0.25) is 0 Å². The van der Waals surface area contributed by atoms with E-state index in [0.29, 0.717) is 5.88 Å². The molecule has 1 rings (SSSR count). The van der Waals surface area contributed by atoms with Crippen molar-refractivity contribution in [3.05, 3.63) is 35.6 Å². The number of rotatable bonds is 5. The molecule has 4 heteroatoms. The fourth-order valence-corrected chi connectivity index (χ4v) is 3.12. The number of halogens is 2. The molecule has 0 saturated heterocycles. The van der Waals surface area contributed by atoms with E-state index >= 15 is 0 Å². The molecule has 0 amide bonds. The predicted molar refractivity (Wildman–Crippen MR) is 82.8 cm³/mol. The second-order valence-electron chi connectivity index (χ2n) is 6.40. The molecule has 1 unspecified atom stereocenters. The summed E-state index contributed by atoms with van der Waals surface area (Å²) in [6, 6.07) is 6.54. The van der Waals surface area contributed by atoms with Crippen molar-refractivity contribution in [2.75, 3.05) is 5.88 Å². The number of alkyl halides is 1. The minimum Gasteiger partial charge on any atom is -0.410 e. The third-order valence-corrected chi connectivity index (χ3v) is 8.56. The van der Waals surface area contributed by atoms with Gasteiger partial charge in [0.2, 0.25) is 0 Å². The zero-order valence-corrected chi connectivity index (χ0v) is 14.2. The van der Waals surface area contributed by atoms with Crippen LogP contribution in [0.1, 0.15) is 38.9 Å². The summed E-state index contributed by atoms with van der Waals surface area (Å²) < 4.78 is 19.4. The summed E-state index contributed by atoms with van der Waals surface area (Å²) in [7, 11) is -1.85. The highest BCUT2D eigenvalue weighted by Crippen LogP contribution is 2.40. The molecule has 0 saturated carbocycles. The second kappa shape index (κ2) is 6.38. The third-order valence-electron chi connectivity index (χ3n) is 3.86. The fourth-order valence-electron chi connectivity index (χ4n) is 1.60. The quantitative estimate of drug-likeness (QED) is 0.514. The van der Waals surface area contributed by atoms with E-state index in [0.717, 1.165) is 12.0 Å². The summed E-state index contributed by atoms with van der Waals surface area (Å²) in [5.41, 5.74) is 1.01. The maximum atomic E-state index is 13.0. The van der Waals surface area contributed by atoms with Crippen LogP contribution in [0.5, 0.6) is 0 Å². The monoisotopic (exact) mass is 302 g/mol. The molecular formula is C15H24ClFOSi. The van der Waals surface area contributed by atoms with E-state index in [1.807, 2.05) is 0 Å². The number of benzene rings is 1. The van der Waals surface area contributed by atoms with Crippen molar-refractivity contribution in [2.45, 2.75) is 51.4 Å². The molecule has 0 spiro atoms. The van der Waals surface area contributed by atoms with E-state index in [4.69, 9.17) is 16.0 Å². The molecule has 0 radical (unpaired) electrons. The van der Waals surface area contributed by atoms with Crippen molar-refractivity contribution in [2.24, 2.45) is 0 Å². The summed E-state index contributed by atoms with van der Waals surface area (Å²) >= 11 is 5.88. The summed E-state index contributed by atoms with van der Waals surface area (Å²) in [6.07, 6.45) is 0.707. The highest BCUT2D eigenvalue weighted by Gasteiger charge is 2.39. The third kappa shape index (κ3) is 4.58. The van der Waals surface area contributed by atoms with Crippen LogP contribution in [0, 0.1) is 5.82 Å². The summed E-state index contributed by atoms with van der Waals surface area (Å²) in [6.45, 7) is 11.1. The Morgan fingerprint density at radius 1 is 1.21 bits per heavy atom. The average Bonchev–Trinajstić information content (AvgIpc) is 2.27. The molecule has 19 heavy (non-hydrogen) atoms. The number of hydrogen-bond donors (Lipinski definition) is 0. The highest BCUT2D eigenvalue weighted by atomic mass is 35.5. The normalized spacial score (nSPS) is 14.5. The Labute approximate surface area is 122 Å². The first-order valence-corrected chi connectivity index (χ1v) is 10.1. The maximum absolute atomic E-state index is 13.0. The van der Waals surface area contributed by atoms with E-state index in [1.165, 1.54) is 12.1 Å². The van der Waals surface area contributed by atoms with Crippen LogP contribution in [-0.2, 0) is 4.43 Å². The van der Waals surface area contributed by atoms with Gasteiger partial charge in [0.1, 0.15) is 5.82 Å². The van der Waals surface area contributed by atoms with Gasteiger partial charge in [-0.1, -0.05) is 32.9 Å². The van der Waals surface area contributed by atoms with Crippen LogP contribution in [-0.4, -0.2) is 14.2 Å². The molecule has 0 heterocycles. The molecule has 0 fully saturated rings. The standard InChI is InChI=1S/C15H24ClFOSi/c1-15(2,3)19(4,5)18-14(10-11-16)12-6-8-13(17)9-7-12/h6-9,14H,10-11H2,1-5H3. The van der Waals surface area contributed by atoms with Gasteiger partial charge in [0, 0.05) is 5.88 Å². The fraction of sp³-hybridized carbons (Fsp3) is 0.600. The molecule has 0 aliphatic rings. The van der Waals surface area contributed by atoms with Crippen molar-refractivity contribution in [1.29, 1.82) is 0 Å². The summed E-state index contributed by atoms with van der Waals surface area (Å²) in [5.74, 6) is 0.317. The van der Waals surface area contributed by atoms with Gasteiger partial charge in [0.15, 0.2) is 8.32 Å². The Kier molecular flexibility index (Phi) is 5.60. The first kappa shape index (κ1) is 16.7. The predicted octanol–water partition coefficient (Wildman–Crippen LogP) is 5.52. The molecule has 0 bridgehead atoms. The molecule has 0 aliphatic carbocycles. The Hall–Kier alpha value is -0.383. The van der Waals surface area contributed by atoms with Crippen LogP contribution in [0.3, 0.4) is 0 Å². The summed E-state index contributed by atoms with van der Waals surface area (Å²) in [5, 5.41) is 0.150. The highest BCUT2D eigenvalue weighted by molar-refractivity contribution is 6.74. The topological polar surface area (TPSA) is 9.23 Å². The van der Waals surface area contributed by atoms with Crippen molar-refractivity contribution >= 4 is 19.9 Å². The maximum Gasteiger partial charge on any atom is 0.192 e. The van der Waals surface area contributed by atoms with E-state index in [9.17, 15) is 4.39 Å². The van der Waals surface area contributed by atoms with Gasteiger partial charge in [-0.15, -0.1) is 11.6 Å². The van der Waals surface area contributed by atoms with Gasteiger partial charge in [0.05, 0.1) is 6.10 Å². The minimum atomic E-state index is -1.85. The molecule has 108 valence electrons. The summed E-state index contributed by atoms with van der Waals surface area (Å²) in [4.78, 5) is 0. The van der Waals surface area contributed by atoms with Crippen LogP contribution < -0.4 is 0 Å². The van der Waals surface area contributed by atoms with E-state index in [-0.39, 0.29) is 17.0 Å². The smallest absolute Gasteiger partial charge is 0.192 e. The van der Waals surface area contributed by atoms with Crippen LogP contribution >= 0.6 is 11.6 Å². The van der Waals surface area contributed by atoms with Gasteiger partial charge in [0.25, 0.3) is 0 Å². The molecular weight excluding hydrogens is 279 g/mol. The van der Waals surface area contributed by atoms with E-state index in [2.05, 4.69) is 33.9 Å². The lowest BCUT2D eigenvalue weighted by molar-refractivity contribution is 0.180. The lowest BCUT2D eigenvalue weighted by Gasteiger charge is -2.39. The average molecular weight is 303 g/mol. The van der Waals surface area contributed by atoms with Crippen LogP contribution in [0.4, 0.5) is 4.39 Å². The van der Waals surface area contributed by atoms with Crippen LogP contribution in [0.15, 0.2) is 24.3 Å². The van der Waals surface area contributed by atoms with Crippen molar-refractivity contribution in [3.63, 3.8) is 0 Å². The largest absolute Gasteiger partial charge is 0.410 e. The second-order valence-corrected chi connectivity index (χ2v) is 11.5. The minimum absolute atomic E-state index is 0.0426. The number of hydrogen-bond acceptors (Lipinski definition) is 1. The Balaban J connectivity index is 2.93. The molecule has 0 N–H and O–H groups in total. The van der Waals surface area contributed by atoms with Crippen LogP contribution in [0.2, 0.25) is 18.1 Å². The lowest BCUT2D eigenvalue weighted by Crippen LogP contribution is -2.41.